The Labute approximate surface area is 191 Å². The molecule has 2 saturated carbocycles. The first-order chi connectivity index (χ1) is 15.2. The number of sulfonamides is 1. The molecule has 11 heteroatoms. The Morgan fingerprint density at radius 3 is 2.72 bits per heavy atom. The van der Waals surface area contributed by atoms with Gasteiger partial charge in [0.05, 0.1) is 21.7 Å². The fraction of sp³-hybridized carbons (Fsp3) is 0.571. The number of hydrogen-bond donors (Lipinski definition) is 3. The number of aromatic nitrogens is 2. The lowest BCUT2D eigenvalue weighted by Crippen LogP contribution is -2.47. The Hall–Kier alpha value is -2.11. The van der Waals surface area contributed by atoms with Gasteiger partial charge in [-0.05, 0) is 69.1 Å². The zero-order chi connectivity index (χ0) is 23.0. The summed E-state index contributed by atoms with van der Waals surface area (Å²) in [4.78, 5) is 29.1. The minimum atomic E-state index is -3.83. The first-order valence-corrected chi connectivity index (χ1v) is 13.4. The molecule has 4 atom stereocenters. The van der Waals surface area contributed by atoms with E-state index < -0.39 is 22.0 Å². The van der Waals surface area contributed by atoms with E-state index in [9.17, 15) is 18.0 Å². The van der Waals surface area contributed by atoms with Gasteiger partial charge in [0, 0.05) is 12.6 Å². The smallest absolute Gasteiger partial charge is 0.321 e. The van der Waals surface area contributed by atoms with E-state index in [-0.39, 0.29) is 16.7 Å². The van der Waals surface area contributed by atoms with Crippen molar-refractivity contribution in [1.82, 2.24) is 20.2 Å². The average Bonchev–Trinajstić information content (AvgIpc) is 3.44. The van der Waals surface area contributed by atoms with Crippen LogP contribution < -0.4 is 15.8 Å². The summed E-state index contributed by atoms with van der Waals surface area (Å²) in [5.74, 6) is 1.59. The molecule has 3 amide bonds. The maximum atomic E-state index is 12.3. The van der Waals surface area contributed by atoms with Gasteiger partial charge in [-0.2, -0.15) is 0 Å². The van der Waals surface area contributed by atoms with E-state index in [4.69, 9.17) is 5.14 Å². The lowest BCUT2D eigenvalue weighted by molar-refractivity contribution is -0.117. The number of primary sulfonamides is 1. The number of carbonyl (C=O) groups excluding carboxylic acids is 2. The molecule has 1 heterocycles. The third kappa shape index (κ3) is 4.79. The second-order valence-corrected chi connectivity index (χ2v) is 11.3. The van der Waals surface area contributed by atoms with Gasteiger partial charge in [0.2, 0.25) is 15.9 Å². The van der Waals surface area contributed by atoms with Crippen molar-refractivity contribution >= 4 is 44.8 Å². The second kappa shape index (κ2) is 9.03. The van der Waals surface area contributed by atoms with Crippen molar-refractivity contribution in [3.63, 3.8) is 0 Å². The van der Waals surface area contributed by atoms with Crippen LogP contribution in [0, 0.1) is 17.8 Å². The molecular formula is C21H29N5O4S2. The van der Waals surface area contributed by atoms with Gasteiger partial charge < -0.3 is 9.88 Å². The highest BCUT2D eigenvalue weighted by Crippen LogP contribution is 2.49. The van der Waals surface area contributed by atoms with Crippen LogP contribution in [0.3, 0.4) is 0 Å². The summed E-state index contributed by atoms with van der Waals surface area (Å²) in [5.41, 5.74) is 1.24. The van der Waals surface area contributed by atoms with Gasteiger partial charge in [-0.1, -0.05) is 18.2 Å². The number of nitrogens with two attached hydrogens (primary N) is 1. The molecule has 4 N–H and O–H groups in total. The molecule has 174 valence electrons. The maximum Gasteiger partial charge on any atom is 0.321 e. The van der Waals surface area contributed by atoms with E-state index in [1.807, 2.05) is 18.4 Å². The average molecular weight is 480 g/mol. The van der Waals surface area contributed by atoms with Crippen LogP contribution in [0.2, 0.25) is 0 Å². The van der Waals surface area contributed by atoms with Gasteiger partial charge in [-0.15, -0.1) is 0 Å². The van der Waals surface area contributed by atoms with Crippen LogP contribution in [0.15, 0.2) is 28.3 Å². The zero-order valence-corrected chi connectivity index (χ0v) is 19.8. The number of hydrogen-bond acceptors (Lipinski definition) is 6. The van der Waals surface area contributed by atoms with Crippen molar-refractivity contribution < 1.29 is 18.0 Å². The molecule has 2 aliphatic rings. The molecule has 1 aromatic carbocycles. The van der Waals surface area contributed by atoms with Crippen LogP contribution >= 0.6 is 11.8 Å². The number of carbonyl (C=O) groups is 2. The lowest BCUT2D eigenvalue weighted by atomic mass is 9.84. The predicted octanol–water partition coefficient (Wildman–Crippen LogP) is 2.45. The van der Waals surface area contributed by atoms with Crippen molar-refractivity contribution in [1.29, 1.82) is 0 Å². The molecule has 0 aliphatic heterocycles. The van der Waals surface area contributed by atoms with Crippen LogP contribution in [0.25, 0.3) is 11.0 Å². The van der Waals surface area contributed by atoms with Crippen molar-refractivity contribution in [2.24, 2.45) is 22.9 Å². The summed E-state index contributed by atoms with van der Waals surface area (Å²) in [5, 5.41) is 11.1. The third-order valence-electron chi connectivity index (χ3n) is 6.71. The molecule has 2 aromatic rings. The lowest BCUT2D eigenvalue weighted by Gasteiger charge is -2.28. The van der Waals surface area contributed by atoms with Gasteiger partial charge in [0.15, 0.2) is 5.16 Å². The van der Waals surface area contributed by atoms with Crippen molar-refractivity contribution in [2.75, 3.05) is 5.75 Å². The Kier molecular flexibility index (Phi) is 6.51. The monoisotopic (exact) mass is 479 g/mol. The van der Waals surface area contributed by atoms with Crippen LogP contribution in [-0.4, -0.2) is 41.7 Å². The highest BCUT2D eigenvalue weighted by atomic mass is 32.2. The number of thioether (sulfide) groups is 1. The summed E-state index contributed by atoms with van der Waals surface area (Å²) in [7, 11) is -3.83. The Balaban J connectivity index is 1.34. The molecule has 2 aliphatic carbocycles. The molecule has 0 radical (unpaired) electrons. The van der Waals surface area contributed by atoms with E-state index in [2.05, 4.69) is 15.6 Å². The number of rotatable bonds is 7. The van der Waals surface area contributed by atoms with Crippen LogP contribution in [0.1, 0.15) is 39.5 Å². The quantitative estimate of drug-likeness (QED) is 0.522. The Bertz CT molecular complexity index is 1150. The molecule has 1 aromatic heterocycles. The number of urea groups is 1. The molecule has 4 rings (SSSR count). The summed E-state index contributed by atoms with van der Waals surface area (Å²) in [6.07, 6.45) is 4.98. The van der Waals surface area contributed by atoms with Gasteiger partial charge in [0.25, 0.3) is 0 Å². The number of imidazole rings is 1. The molecule has 2 fully saturated rings. The number of nitrogens with zero attached hydrogens (tertiary/aromatic N) is 2. The van der Waals surface area contributed by atoms with Crippen LogP contribution in [0.5, 0.6) is 0 Å². The molecular weight excluding hydrogens is 450 g/mol. The number of imide groups is 1. The minimum absolute atomic E-state index is 0.0127. The highest BCUT2D eigenvalue weighted by Gasteiger charge is 2.42. The normalized spacial score (nSPS) is 23.4. The van der Waals surface area contributed by atoms with Gasteiger partial charge in [-0.3, -0.25) is 10.1 Å². The minimum Gasteiger partial charge on any atom is -0.335 e. The largest absolute Gasteiger partial charge is 0.335 e. The van der Waals surface area contributed by atoms with Gasteiger partial charge in [0.1, 0.15) is 0 Å². The van der Waals surface area contributed by atoms with Crippen molar-refractivity contribution in [3.05, 3.63) is 18.2 Å². The third-order valence-corrected chi connectivity index (χ3v) is 8.60. The van der Waals surface area contributed by atoms with Crippen molar-refractivity contribution in [3.8, 4) is 0 Å². The zero-order valence-electron chi connectivity index (χ0n) is 18.2. The maximum absolute atomic E-state index is 12.3. The van der Waals surface area contributed by atoms with E-state index in [1.165, 1.54) is 43.2 Å². The molecule has 0 spiro atoms. The summed E-state index contributed by atoms with van der Waals surface area (Å²) in [6.45, 7) is 4.55. The SMILES string of the molecule is CCn1c(SCC(=O)NC(=O)NC(C)C2CC3CCC2C3)nc2cc(S(N)(=O)=O)ccc21. The topological polar surface area (TPSA) is 136 Å². The summed E-state index contributed by atoms with van der Waals surface area (Å²) in [6, 6.07) is 4.09. The standard InChI is InChI=1S/C21H29N5O4S2/c1-3-26-18-7-6-15(32(22,29)30)10-17(18)24-21(26)31-11-19(27)25-20(28)23-12(2)16-9-13-4-5-14(16)8-13/h6-7,10,12-14,16H,3-5,8-9,11H2,1-2H3,(H2,22,29,30)(H2,23,25,27,28). The highest BCUT2D eigenvalue weighted by molar-refractivity contribution is 7.99. The van der Waals surface area contributed by atoms with E-state index in [0.29, 0.717) is 29.1 Å². The Morgan fingerprint density at radius 1 is 1.31 bits per heavy atom. The van der Waals surface area contributed by atoms with Gasteiger partial charge in [-0.25, -0.2) is 23.3 Å². The molecule has 2 bridgehead atoms. The van der Waals surface area contributed by atoms with Crippen molar-refractivity contribution in [2.45, 2.75) is 62.2 Å². The second-order valence-electron chi connectivity index (χ2n) is 8.77. The number of nitrogens with one attached hydrogen (secondary N) is 2. The molecule has 4 unspecified atom stereocenters. The Morgan fingerprint density at radius 2 is 2.09 bits per heavy atom. The van der Waals surface area contributed by atoms with Crippen LogP contribution in [0.4, 0.5) is 4.79 Å². The first-order valence-electron chi connectivity index (χ1n) is 10.9. The van der Waals surface area contributed by atoms with E-state index >= 15 is 0 Å². The first kappa shape index (κ1) is 23.1. The molecule has 0 saturated heterocycles. The van der Waals surface area contributed by atoms with Gasteiger partial charge >= 0.3 is 6.03 Å². The predicted molar refractivity (Wildman–Crippen MR) is 123 cm³/mol. The van der Waals surface area contributed by atoms with Crippen LogP contribution in [-0.2, 0) is 21.4 Å². The molecule has 32 heavy (non-hydrogen) atoms. The fourth-order valence-corrected chi connectivity index (χ4v) is 6.64. The number of aryl methyl sites for hydroxylation is 1. The van der Waals surface area contributed by atoms with E-state index in [1.54, 1.807) is 6.07 Å². The number of benzene rings is 1. The molecule has 9 nitrogen and oxygen atoms in total. The fourth-order valence-electron chi connectivity index (χ4n) is 5.23. The van der Waals surface area contributed by atoms with E-state index in [0.717, 1.165) is 17.9 Å². The number of amides is 3. The summed E-state index contributed by atoms with van der Waals surface area (Å²) >= 11 is 1.19. The number of fused-ring (bicyclic) bond motifs is 3. The summed E-state index contributed by atoms with van der Waals surface area (Å²) < 4.78 is 25.1.